The van der Waals surface area contributed by atoms with Gasteiger partial charge in [0.25, 0.3) is 5.67 Å². The first-order valence-corrected chi connectivity index (χ1v) is 24.9. The van der Waals surface area contributed by atoms with Crippen LogP contribution in [0.5, 0.6) is 0 Å². The molecule has 3 saturated heterocycles. The van der Waals surface area contributed by atoms with Crippen molar-refractivity contribution >= 4 is 37.7 Å². The fourth-order valence-corrected chi connectivity index (χ4v) is 13.0. The number of ketones is 2. The number of methoxy groups -OCH3 is 1. The van der Waals surface area contributed by atoms with Crippen molar-refractivity contribution in [2.75, 3.05) is 21.2 Å². The Hall–Kier alpha value is -3.28. The fourth-order valence-electron chi connectivity index (χ4n) is 10.2. The molecule has 1 unspecified atom stereocenters. The van der Waals surface area contributed by atoms with Gasteiger partial charge in [-0.15, -0.1) is 0 Å². The average molecular weight is 892 g/mol. The number of hydrogen-bond donors (Lipinski definition) is 1. The number of Topliss-reactive ketones (excluding diaryl/α,β-unsaturated/α-hetero) is 2. The molecule has 14 atom stereocenters. The van der Waals surface area contributed by atoms with E-state index < -0.39 is 97.1 Å². The number of hydrogen-bond acceptors (Lipinski definition) is 13. The van der Waals surface area contributed by atoms with E-state index in [4.69, 9.17) is 38.7 Å². The highest BCUT2D eigenvalue weighted by molar-refractivity contribution is 6.73. The Kier molecular flexibility index (Phi) is 17.1. The van der Waals surface area contributed by atoms with Gasteiger partial charge in [0.05, 0.1) is 17.8 Å². The fraction of sp³-hybridized carbons (Fsp3) is 0.761. The molecule has 3 aliphatic rings. The van der Waals surface area contributed by atoms with Gasteiger partial charge >= 0.3 is 11.9 Å². The molecule has 0 spiro atoms. The van der Waals surface area contributed by atoms with Crippen molar-refractivity contribution in [2.45, 2.75) is 174 Å². The van der Waals surface area contributed by atoms with Crippen LogP contribution in [-0.2, 0) is 58.7 Å². The molecule has 16 heteroatoms. The van der Waals surface area contributed by atoms with E-state index in [1.807, 2.05) is 51.4 Å². The van der Waals surface area contributed by atoms with Crippen molar-refractivity contribution in [1.82, 2.24) is 4.90 Å². The summed E-state index contributed by atoms with van der Waals surface area (Å²) in [5, 5.41) is 4.09. The summed E-state index contributed by atoms with van der Waals surface area (Å²) < 4.78 is 56.1. The number of benzene rings is 1. The first-order valence-electron chi connectivity index (χ1n) is 22.4. The average Bonchev–Trinajstić information content (AvgIpc) is 3.52. The molecule has 1 aromatic carbocycles. The van der Waals surface area contributed by atoms with Crippen LogP contribution in [0.25, 0.3) is 0 Å². The van der Waals surface area contributed by atoms with Gasteiger partial charge in [0.1, 0.15) is 30.5 Å². The number of fused-ring (bicyclic) bond motifs is 1. The van der Waals surface area contributed by atoms with Crippen LogP contribution in [0.2, 0.25) is 18.1 Å². The second-order valence-corrected chi connectivity index (χ2v) is 23.3. The van der Waals surface area contributed by atoms with E-state index in [1.165, 1.54) is 21.0 Å². The Morgan fingerprint density at radius 3 is 2.13 bits per heavy atom. The molecule has 0 amide bonds. The third-order valence-electron chi connectivity index (χ3n) is 14.2. The smallest absolute Gasteiger partial charge is 0.351 e. The van der Waals surface area contributed by atoms with E-state index in [9.17, 15) is 19.2 Å². The van der Waals surface area contributed by atoms with Gasteiger partial charge in [-0.2, -0.15) is 0 Å². The highest BCUT2D eigenvalue weighted by atomic mass is 28.4. The largest absolute Gasteiger partial charge is 0.455 e. The highest BCUT2D eigenvalue weighted by Gasteiger charge is 2.64. The molecule has 0 radical (unpaired) electrons. The number of carbonyl (C=O) groups is 4. The van der Waals surface area contributed by atoms with Crippen molar-refractivity contribution < 1.29 is 56.5 Å². The van der Waals surface area contributed by atoms with Crippen LogP contribution in [0.3, 0.4) is 0 Å². The lowest BCUT2D eigenvalue weighted by Crippen LogP contribution is -2.62. The number of alkyl halides is 1. The number of esters is 2. The lowest BCUT2D eigenvalue weighted by Gasteiger charge is -2.50. The zero-order valence-corrected chi connectivity index (χ0v) is 40.5. The molecule has 350 valence electrons. The Bertz CT molecular complexity index is 1740. The Labute approximate surface area is 369 Å². The Morgan fingerprint density at radius 2 is 1.58 bits per heavy atom. The van der Waals surface area contributed by atoms with Gasteiger partial charge in [-0.05, 0) is 84.7 Å². The van der Waals surface area contributed by atoms with Crippen LogP contribution in [0, 0.1) is 29.6 Å². The Balaban J connectivity index is 1.85. The van der Waals surface area contributed by atoms with Crippen LogP contribution in [0.4, 0.5) is 4.39 Å². The number of nitrogens with two attached hydrogens (primary N) is 1. The number of halogens is 1. The molecule has 14 nitrogen and oxygen atoms in total. The van der Waals surface area contributed by atoms with E-state index in [1.54, 1.807) is 27.7 Å². The van der Waals surface area contributed by atoms with Crippen LogP contribution in [0.1, 0.15) is 101 Å². The van der Waals surface area contributed by atoms with Crippen molar-refractivity contribution in [3.63, 3.8) is 0 Å². The summed E-state index contributed by atoms with van der Waals surface area (Å²) in [7, 11) is 3.11. The number of rotatable bonds is 14. The first-order chi connectivity index (χ1) is 29.0. The summed E-state index contributed by atoms with van der Waals surface area (Å²) in [6.07, 6.45) is -3.78. The molecule has 0 aliphatic carbocycles. The molecule has 0 saturated carbocycles. The van der Waals surface area contributed by atoms with Crippen LogP contribution in [-0.4, -0.2) is 117 Å². The van der Waals surface area contributed by atoms with E-state index in [0.717, 1.165) is 30.6 Å². The van der Waals surface area contributed by atoms with E-state index in [-0.39, 0.29) is 43.2 Å². The predicted octanol–water partition coefficient (Wildman–Crippen LogP) is 6.77. The molecule has 2 N–H and O–H groups in total. The van der Waals surface area contributed by atoms with Crippen LogP contribution in [0.15, 0.2) is 35.5 Å². The minimum atomic E-state index is -3.20. The van der Waals surface area contributed by atoms with E-state index in [0.29, 0.717) is 6.42 Å². The maximum absolute atomic E-state index is 17.2. The molecular formula is C46H74FN3O11Si. The second-order valence-electron chi connectivity index (χ2n) is 18.6. The van der Waals surface area contributed by atoms with Gasteiger partial charge in [-0.25, -0.2) is 9.18 Å². The summed E-state index contributed by atoms with van der Waals surface area (Å²) in [5.74, 6) is -9.36. The van der Waals surface area contributed by atoms with Crippen LogP contribution >= 0.6 is 0 Å². The van der Waals surface area contributed by atoms with E-state index >= 15 is 4.39 Å². The molecule has 0 aromatic heterocycles. The Morgan fingerprint density at radius 1 is 0.968 bits per heavy atom. The van der Waals surface area contributed by atoms with Crippen molar-refractivity contribution in [3.8, 4) is 0 Å². The zero-order valence-electron chi connectivity index (χ0n) is 39.5. The summed E-state index contributed by atoms with van der Waals surface area (Å²) in [6.45, 7) is 19.1. The maximum Gasteiger partial charge on any atom is 0.351 e. The standard InChI is InChI=1S/C46H74FN3O11Si/c1-15-33-46(11)35(34(41(53)60-46)40(48)49-56-26-31-22-20-19-21-23-31)29(7)36(51)27(5)25-44(9,55-14)39(30(8)38(52)45(10,47)43(54)58-33)59-42-37(61-62(16-2,17-3)18-4)32(50(12)13)24-28(6)57-42/h19-23,27-30,32-35,37,39,42H,15-18,24-26H2,1-14H3,(H2,48,49)/t27-,28-,29-,30+,32+,33+,34-,35+,37-,39-,42?,44-,45+,46+/m1/s1. The van der Waals surface area contributed by atoms with Gasteiger partial charge in [0.15, 0.2) is 31.8 Å². The molecule has 3 aliphatic heterocycles. The van der Waals surface area contributed by atoms with Gasteiger partial charge in [-0.3, -0.25) is 14.4 Å². The zero-order chi connectivity index (χ0) is 46.5. The van der Waals surface area contributed by atoms with E-state index in [2.05, 4.69) is 30.8 Å². The third-order valence-corrected chi connectivity index (χ3v) is 18.9. The van der Waals surface area contributed by atoms with Gasteiger partial charge in [0, 0.05) is 36.8 Å². The second kappa shape index (κ2) is 20.7. The van der Waals surface area contributed by atoms with Crippen LogP contribution < -0.4 is 5.73 Å². The lowest BCUT2D eigenvalue weighted by atomic mass is 9.67. The summed E-state index contributed by atoms with van der Waals surface area (Å²) in [6, 6.07) is 11.7. The number of amidine groups is 1. The summed E-state index contributed by atoms with van der Waals surface area (Å²) >= 11 is 0. The number of oxime groups is 1. The normalized spacial score (nSPS) is 38.0. The monoisotopic (exact) mass is 892 g/mol. The quantitative estimate of drug-likeness (QED) is 0.0518. The number of ether oxygens (including phenoxy) is 5. The molecule has 4 rings (SSSR count). The van der Waals surface area contributed by atoms with Crippen molar-refractivity contribution in [2.24, 2.45) is 40.5 Å². The minimum absolute atomic E-state index is 0.00521. The molecule has 1 aromatic rings. The molecule has 62 heavy (non-hydrogen) atoms. The predicted molar refractivity (Wildman–Crippen MR) is 235 cm³/mol. The molecule has 3 heterocycles. The number of carbonyl (C=O) groups excluding carboxylic acids is 4. The lowest BCUT2D eigenvalue weighted by molar-refractivity contribution is -0.292. The van der Waals surface area contributed by atoms with Crippen molar-refractivity contribution in [3.05, 3.63) is 35.9 Å². The van der Waals surface area contributed by atoms with Gasteiger partial charge < -0.3 is 43.6 Å². The maximum atomic E-state index is 17.2. The highest BCUT2D eigenvalue weighted by Crippen LogP contribution is 2.48. The minimum Gasteiger partial charge on any atom is -0.455 e. The number of cyclic esters (lactones) is 1. The third kappa shape index (κ3) is 10.5. The molecular weight excluding hydrogens is 818 g/mol. The topological polar surface area (TPSA) is 175 Å². The first kappa shape index (κ1) is 51.4. The van der Waals surface area contributed by atoms with Gasteiger partial charge in [0.2, 0.25) is 0 Å². The molecule has 0 bridgehead atoms. The summed E-state index contributed by atoms with van der Waals surface area (Å²) in [5.41, 5.74) is 0.978. The summed E-state index contributed by atoms with van der Waals surface area (Å²) in [4.78, 5) is 65.2. The molecule has 3 fully saturated rings. The van der Waals surface area contributed by atoms with Crippen molar-refractivity contribution in [1.29, 1.82) is 0 Å². The van der Waals surface area contributed by atoms with Gasteiger partial charge in [-0.1, -0.05) is 84.0 Å². The number of likely N-dealkylation sites (N-methyl/N-ethyl adjacent to an activating group) is 1. The number of nitrogens with zero attached hydrogens (tertiary/aromatic N) is 2. The SMILES string of the molecule is CC[C@@H]1OC(=O)[C@@](C)(F)C(=O)[C@H](C)[C@@H](OC2O[C@H](C)C[C@H](N(C)C)[C@H]2O[Si](CC)(CC)CC)[C@](C)(OC)C[C@@H](C)C(=O)[C@H](C)[C@H]2[C@H](/C(N)=N/OCc3ccccc3)C(=O)O[C@]21C.